The summed E-state index contributed by atoms with van der Waals surface area (Å²) in [4.78, 5) is 10.9. The average Bonchev–Trinajstić information content (AvgIpc) is 2.92. The van der Waals surface area contributed by atoms with Crippen molar-refractivity contribution < 1.29 is 13.5 Å². The second-order valence-corrected chi connectivity index (χ2v) is 7.37. The Labute approximate surface area is 177 Å². The van der Waals surface area contributed by atoms with Gasteiger partial charge in [0.25, 0.3) is 0 Å². The molecular formula is C21H20ClF2N5O. The van der Waals surface area contributed by atoms with Gasteiger partial charge >= 0.3 is 0 Å². The number of morpholine rings is 1. The fourth-order valence-electron chi connectivity index (χ4n) is 3.39. The van der Waals surface area contributed by atoms with E-state index in [1.165, 1.54) is 6.07 Å². The second kappa shape index (κ2) is 8.41. The summed E-state index contributed by atoms with van der Waals surface area (Å²) in [6, 6.07) is 9.16. The van der Waals surface area contributed by atoms with Gasteiger partial charge in [-0.15, -0.1) is 0 Å². The first-order valence-electron chi connectivity index (χ1n) is 9.43. The van der Waals surface area contributed by atoms with Crippen molar-refractivity contribution >= 4 is 40.3 Å². The predicted molar refractivity (Wildman–Crippen MR) is 116 cm³/mol. The molecule has 1 saturated heterocycles. The van der Waals surface area contributed by atoms with Crippen molar-refractivity contribution in [2.75, 3.05) is 29.9 Å². The zero-order valence-electron chi connectivity index (χ0n) is 16.2. The molecule has 2 aromatic rings. The summed E-state index contributed by atoms with van der Waals surface area (Å²) in [6.45, 7) is 4.15. The van der Waals surface area contributed by atoms with Gasteiger partial charge < -0.3 is 20.7 Å². The Hall–Kier alpha value is -2.97. The van der Waals surface area contributed by atoms with Crippen LogP contribution in [0.3, 0.4) is 0 Å². The number of hydrogen-bond donors (Lipinski definition) is 2. The largest absolute Gasteiger partial charge is 0.403 e. The summed E-state index contributed by atoms with van der Waals surface area (Å²) in [6.07, 6.45) is 1.27. The molecule has 2 aromatic carbocycles. The van der Waals surface area contributed by atoms with Crippen LogP contribution in [0.1, 0.15) is 12.5 Å². The number of hydrogen-bond acceptors (Lipinski definition) is 6. The van der Waals surface area contributed by atoms with E-state index in [-0.39, 0.29) is 28.4 Å². The van der Waals surface area contributed by atoms with Gasteiger partial charge in [0, 0.05) is 25.0 Å². The Morgan fingerprint density at radius 1 is 1.27 bits per heavy atom. The first-order chi connectivity index (χ1) is 14.5. The van der Waals surface area contributed by atoms with Crippen LogP contribution >= 0.6 is 11.6 Å². The minimum absolute atomic E-state index is 0.0951. The first kappa shape index (κ1) is 20.3. The quantitative estimate of drug-likeness (QED) is 0.766. The van der Waals surface area contributed by atoms with Gasteiger partial charge in [0.05, 0.1) is 34.7 Å². The van der Waals surface area contributed by atoms with Crippen molar-refractivity contribution in [3.8, 4) is 0 Å². The van der Waals surface area contributed by atoms with Gasteiger partial charge in [0.2, 0.25) is 0 Å². The molecule has 0 bridgehead atoms. The third-order valence-electron chi connectivity index (χ3n) is 4.84. The van der Waals surface area contributed by atoms with Crippen molar-refractivity contribution in [1.29, 1.82) is 0 Å². The SMILES string of the molecule is CC1CN(c2ccc3c(c2)NC(/C(Cl)=C\N)=NC(c2c(F)cccc2F)=N3)CCO1. The molecule has 0 aromatic heterocycles. The van der Waals surface area contributed by atoms with Gasteiger partial charge in [-0.2, -0.15) is 0 Å². The number of benzene rings is 2. The van der Waals surface area contributed by atoms with E-state index in [0.717, 1.165) is 37.1 Å². The number of amidine groups is 2. The minimum atomic E-state index is -0.771. The van der Waals surface area contributed by atoms with E-state index in [1.807, 2.05) is 19.1 Å². The highest BCUT2D eigenvalue weighted by Gasteiger charge is 2.23. The van der Waals surface area contributed by atoms with Crippen LogP contribution in [0, 0.1) is 11.6 Å². The maximum Gasteiger partial charge on any atom is 0.168 e. The molecule has 0 amide bonds. The van der Waals surface area contributed by atoms with Crippen molar-refractivity contribution in [2.45, 2.75) is 13.0 Å². The van der Waals surface area contributed by atoms with Crippen molar-refractivity contribution in [3.63, 3.8) is 0 Å². The summed E-state index contributed by atoms with van der Waals surface area (Å²) >= 11 is 6.20. The summed E-state index contributed by atoms with van der Waals surface area (Å²) < 4.78 is 34.4. The Bertz CT molecular complexity index is 1050. The summed E-state index contributed by atoms with van der Waals surface area (Å²) in [5.41, 5.74) is 7.24. The molecule has 0 saturated carbocycles. The lowest BCUT2D eigenvalue weighted by Crippen LogP contribution is -2.41. The van der Waals surface area contributed by atoms with Crippen LogP contribution < -0.4 is 16.0 Å². The Morgan fingerprint density at radius 2 is 2.03 bits per heavy atom. The van der Waals surface area contributed by atoms with Crippen LogP contribution in [0.15, 0.2) is 57.6 Å². The van der Waals surface area contributed by atoms with Crippen molar-refractivity contribution in [3.05, 3.63) is 64.8 Å². The molecule has 3 N–H and O–H groups in total. The molecule has 2 aliphatic rings. The number of nitrogens with zero attached hydrogens (tertiary/aromatic N) is 3. The topological polar surface area (TPSA) is 75.2 Å². The molecule has 0 aliphatic carbocycles. The normalized spacial score (nSPS) is 19.4. The van der Waals surface area contributed by atoms with E-state index in [0.29, 0.717) is 18.0 Å². The van der Waals surface area contributed by atoms with Crippen LogP contribution in [0.2, 0.25) is 0 Å². The summed E-state index contributed by atoms with van der Waals surface area (Å²) in [7, 11) is 0. The maximum absolute atomic E-state index is 14.4. The van der Waals surface area contributed by atoms with Crippen molar-refractivity contribution in [1.82, 2.24) is 0 Å². The van der Waals surface area contributed by atoms with E-state index in [9.17, 15) is 8.78 Å². The highest BCUT2D eigenvalue weighted by molar-refractivity contribution is 6.46. The molecule has 4 rings (SSSR count). The van der Waals surface area contributed by atoms with Gasteiger partial charge in [0.1, 0.15) is 11.6 Å². The van der Waals surface area contributed by atoms with Gasteiger partial charge in [-0.1, -0.05) is 17.7 Å². The number of anilines is 2. The summed E-state index contributed by atoms with van der Waals surface area (Å²) in [5.74, 6) is -1.54. The van der Waals surface area contributed by atoms with Gasteiger partial charge in [-0.05, 0) is 37.3 Å². The molecule has 2 heterocycles. The minimum Gasteiger partial charge on any atom is -0.403 e. The van der Waals surface area contributed by atoms with Crippen LogP contribution in [-0.4, -0.2) is 37.5 Å². The predicted octanol–water partition coefficient (Wildman–Crippen LogP) is 4.13. The molecule has 0 spiro atoms. The molecule has 9 heteroatoms. The molecule has 1 fully saturated rings. The number of ether oxygens (including phenoxy) is 1. The van der Waals surface area contributed by atoms with Gasteiger partial charge in [-0.3, -0.25) is 0 Å². The average molecular weight is 432 g/mol. The standard InChI is InChI=1S/C21H20ClF2N5O/c1-12-11-29(7-8-30-12)13-5-6-17-18(9-13)27-20(14(22)10-25)28-21(26-17)19-15(23)3-2-4-16(19)24/h2-6,9-10,12H,7-8,11,25H2,1H3,(H,26,27,28)/b14-10+. The molecular weight excluding hydrogens is 412 g/mol. The number of rotatable bonds is 3. The molecule has 156 valence electrons. The number of nitrogens with one attached hydrogen (secondary N) is 1. The lowest BCUT2D eigenvalue weighted by Gasteiger charge is -2.33. The molecule has 1 unspecified atom stereocenters. The maximum atomic E-state index is 14.4. The van der Waals surface area contributed by atoms with Gasteiger partial charge in [0.15, 0.2) is 11.7 Å². The monoisotopic (exact) mass is 431 g/mol. The molecule has 0 radical (unpaired) electrons. The molecule has 30 heavy (non-hydrogen) atoms. The lowest BCUT2D eigenvalue weighted by atomic mass is 10.1. The Balaban J connectivity index is 1.82. The smallest absolute Gasteiger partial charge is 0.168 e. The zero-order chi connectivity index (χ0) is 21.3. The number of nitrogens with two attached hydrogens (primary N) is 1. The van der Waals surface area contributed by atoms with Crippen molar-refractivity contribution in [2.24, 2.45) is 15.7 Å². The van der Waals surface area contributed by atoms with Gasteiger partial charge in [-0.25, -0.2) is 18.8 Å². The van der Waals surface area contributed by atoms with E-state index in [4.69, 9.17) is 22.1 Å². The molecule has 6 nitrogen and oxygen atoms in total. The highest BCUT2D eigenvalue weighted by Crippen LogP contribution is 2.34. The first-order valence-corrected chi connectivity index (χ1v) is 9.81. The Morgan fingerprint density at radius 3 is 2.73 bits per heavy atom. The molecule has 1 atom stereocenters. The third-order valence-corrected chi connectivity index (χ3v) is 5.15. The molecule has 2 aliphatic heterocycles. The second-order valence-electron chi connectivity index (χ2n) is 6.96. The number of fused-ring (bicyclic) bond motifs is 1. The highest BCUT2D eigenvalue weighted by atomic mass is 35.5. The fraction of sp³-hybridized carbons (Fsp3) is 0.238. The third kappa shape index (κ3) is 4.01. The zero-order valence-corrected chi connectivity index (χ0v) is 17.0. The van der Waals surface area contributed by atoms with Crippen LogP contribution in [-0.2, 0) is 4.74 Å². The Kier molecular flexibility index (Phi) is 5.69. The fourth-order valence-corrected chi connectivity index (χ4v) is 3.48. The van der Waals surface area contributed by atoms with Crippen LogP contribution in [0.4, 0.5) is 25.8 Å². The number of aliphatic imine (C=N–C) groups is 2. The summed E-state index contributed by atoms with van der Waals surface area (Å²) in [5, 5.41) is 3.19. The van der Waals surface area contributed by atoms with Crippen LogP contribution in [0.5, 0.6) is 0 Å². The number of halogens is 3. The van der Waals surface area contributed by atoms with E-state index in [1.54, 1.807) is 6.07 Å². The van der Waals surface area contributed by atoms with E-state index >= 15 is 0 Å². The van der Waals surface area contributed by atoms with E-state index in [2.05, 4.69) is 20.2 Å². The van der Waals surface area contributed by atoms with E-state index < -0.39 is 11.6 Å². The lowest BCUT2D eigenvalue weighted by molar-refractivity contribution is 0.0532. The van der Waals surface area contributed by atoms with Crippen LogP contribution in [0.25, 0.3) is 0 Å².